The highest BCUT2D eigenvalue weighted by Crippen LogP contribution is 2.63. The molecule has 0 saturated heterocycles. The summed E-state index contributed by atoms with van der Waals surface area (Å²) in [5.41, 5.74) is 12.9. The molecule has 0 fully saturated rings. The Morgan fingerprint density at radius 3 is 1.44 bits per heavy atom. The standard InChI is InChI=1S/C53H34F2N2/c54-47-26-11-13-28-50(47)56(35-16-3-1-4-17-35)37-30-31-40-41-32-33-49(57(36-18-5-2-6-19-36)51-29-14-12-27-48(51)55)42-22-15-25-45(52(41)42)53(46(40)34-37)43-23-9-7-20-38(43)39-21-8-10-24-44(39)53/h1-34H. The number of nitrogens with zero attached hydrogens (tertiary/aromatic N) is 2. The van der Waals surface area contributed by atoms with Crippen molar-refractivity contribution in [2.45, 2.75) is 5.41 Å². The highest BCUT2D eigenvalue weighted by molar-refractivity contribution is 6.12. The van der Waals surface area contributed by atoms with Crippen molar-refractivity contribution in [1.82, 2.24) is 0 Å². The molecule has 270 valence electrons. The SMILES string of the molecule is Fc1ccccc1N(c1ccccc1)c1ccc2c(c1)C1(c3ccccc3-c3ccccc31)c1cccc3c(N(c4ccccc4)c4ccccc4F)ccc-2c13. The van der Waals surface area contributed by atoms with Gasteiger partial charge in [-0.05, 0) is 117 Å². The Balaban J connectivity index is 1.26. The summed E-state index contributed by atoms with van der Waals surface area (Å²) in [5.74, 6) is -0.599. The van der Waals surface area contributed by atoms with Crippen LogP contribution in [0.4, 0.5) is 42.9 Å². The van der Waals surface area contributed by atoms with Crippen molar-refractivity contribution in [1.29, 1.82) is 0 Å². The molecule has 0 unspecified atom stereocenters. The Morgan fingerprint density at radius 2 is 0.807 bits per heavy atom. The quantitative estimate of drug-likeness (QED) is 0.168. The summed E-state index contributed by atoms with van der Waals surface area (Å²) in [6.07, 6.45) is 0. The third kappa shape index (κ3) is 4.80. The van der Waals surface area contributed by atoms with E-state index in [0.717, 1.165) is 55.8 Å². The van der Waals surface area contributed by atoms with Gasteiger partial charge in [0.25, 0.3) is 0 Å². The zero-order valence-corrected chi connectivity index (χ0v) is 30.8. The molecule has 9 aromatic carbocycles. The molecule has 9 aromatic rings. The van der Waals surface area contributed by atoms with Crippen LogP contribution in [0.3, 0.4) is 0 Å². The molecule has 4 heteroatoms. The summed E-state index contributed by atoms with van der Waals surface area (Å²) in [6.45, 7) is 0. The molecule has 11 rings (SSSR count). The fourth-order valence-corrected chi connectivity index (χ4v) is 9.56. The number of fused-ring (bicyclic) bond motifs is 9. The number of hydrogen-bond acceptors (Lipinski definition) is 2. The normalized spacial score (nSPS) is 12.9. The third-order valence-electron chi connectivity index (χ3n) is 11.8. The first kappa shape index (κ1) is 33.1. The van der Waals surface area contributed by atoms with Crippen LogP contribution in [-0.2, 0) is 5.41 Å². The molecular weight excluding hydrogens is 703 g/mol. The first-order chi connectivity index (χ1) is 28.1. The molecule has 0 atom stereocenters. The Labute approximate surface area is 330 Å². The predicted octanol–water partition coefficient (Wildman–Crippen LogP) is 14.4. The van der Waals surface area contributed by atoms with Gasteiger partial charge >= 0.3 is 0 Å². The van der Waals surface area contributed by atoms with Gasteiger partial charge in [-0.25, -0.2) is 8.78 Å². The maximum Gasteiger partial charge on any atom is 0.147 e. The van der Waals surface area contributed by atoms with Crippen LogP contribution in [0.2, 0.25) is 0 Å². The van der Waals surface area contributed by atoms with Gasteiger partial charge in [0.2, 0.25) is 0 Å². The fraction of sp³-hybridized carbons (Fsp3) is 0.0189. The van der Waals surface area contributed by atoms with Gasteiger partial charge in [-0.2, -0.15) is 0 Å². The number of para-hydroxylation sites is 4. The van der Waals surface area contributed by atoms with E-state index in [2.05, 4.69) is 97.1 Å². The van der Waals surface area contributed by atoms with Crippen LogP contribution in [0.15, 0.2) is 206 Å². The number of hydrogen-bond donors (Lipinski definition) is 0. The average molecular weight is 737 g/mol. The zero-order chi connectivity index (χ0) is 38.1. The van der Waals surface area contributed by atoms with E-state index in [-0.39, 0.29) is 11.6 Å². The lowest BCUT2D eigenvalue weighted by atomic mass is 9.61. The Hall–Kier alpha value is -7.30. The third-order valence-corrected chi connectivity index (χ3v) is 11.8. The second-order valence-electron chi connectivity index (χ2n) is 14.7. The Morgan fingerprint density at radius 1 is 0.316 bits per heavy atom. The Kier molecular flexibility index (Phi) is 7.48. The lowest BCUT2D eigenvalue weighted by Crippen LogP contribution is -2.32. The molecule has 2 aliphatic rings. The first-order valence-corrected chi connectivity index (χ1v) is 19.2. The molecule has 0 saturated carbocycles. The molecule has 0 aliphatic heterocycles. The summed E-state index contributed by atoms with van der Waals surface area (Å²) in [4.78, 5) is 4.05. The van der Waals surface area contributed by atoms with Gasteiger partial charge < -0.3 is 9.80 Å². The topological polar surface area (TPSA) is 6.48 Å². The second-order valence-corrected chi connectivity index (χ2v) is 14.7. The molecule has 1 spiro atoms. The first-order valence-electron chi connectivity index (χ1n) is 19.2. The smallest absolute Gasteiger partial charge is 0.147 e. The monoisotopic (exact) mass is 736 g/mol. The van der Waals surface area contributed by atoms with Gasteiger partial charge in [-0.3, -0.25) is 0 Å². The highest BCUT2D eigenvalue weighted by Gasteiger charge is 2.50. The summed E-state index contributed by atoms with van der Waals surface area (Å²) >= 11 is 0. The molecule has 57 heavy (non-hydrogen) atoms. The predicted molar refractivity (Wildman–Crippen MR) is 230 cm³/mol. The maximum atomic E-state index is 15.9. The van der Waals surface area contributed by atoms with Gasteiger partial charge in [0.05, 0.1) is 22.5 Å². The number of rotatable bonds is 6. The number of benzene rings is 9. The van der Waals surface area contributed by atoms with Crippen LogP contribution in [0.5, 0.6) is 0 Å². The highest BCUT2D eigenvalue weighted by atomic mass is 19.1. The zero-order valence-electron chi connectivity index (χ0n) is 30.8. The van der Waals surface area contributed by atoms with Gasteiger partial charge in [-0.1, -0.05) is 140 Å². The van der Waals surface area contributed by atoms with Gasteiger partial charge in [-0.15, -0.1) is 0 Å². The van der Waals surface area contributed by atoms with E-state index in [1.54, 1.807) is 12.1 Å². The molecule has 0 N–H and O–H groups in total. The van der Waals surface area contributed by atoms with Crippen molar-refractivity contribution in [2.24, 2.45) is 0 Å². The summed E-state index contributed by atoms with van der Waals surface area (Å²) in [7, 11) is 0. The largest absolute Gasteiger partial charge is 0.308 e. The summed E-state index contributed by atoms with van der Waals surface area (Å²) in [5, 5.41) is 2.14. The van der Waals surface area contributed by atoms with Crippen LogP contribution in [0.25, 0.3) is 33.0 Å². The number of anilines is 6. The summed E-state index contributed by atoms with van der Waals surface area (Å²) in [6, 6.07) is 68.9. The Bertz CT molecular complexity index is 2970. The van der Waals surface area contributed by atoms with Crippen molar-refractivity contribution in [3.8, 4) is 22.3 Å². The lowest BCUT2D eigenvalue weighted by Gasteiger charge is -2.41. The van der Waals surface area contributed by atoms with Crippen LogP contribution in [0, 0.1) is 11.6 Å². The van der Waals surface area contributed by atoms with Crippen LogP contribution >= 0.6 is 0 Å². The minimum absolute atomic E-state index is 0.298. The van der Waals surface area contributed by atoms with Crippen molar-refractivity contribution in [2.75, 3.05) is 9.80 Å². The van der Waals surface area contributed by atoms with Crippen molar-refractivity contribution >= 4 is 44.9 Å². The molecule has 2 nitrogen and oxygen atoms in total. The van der Waals surface area contributed by atoms with E-state index in [4.69, 9.17) is 0 Å². The second kappa shape index (κ2) is 12.9. The van der Waals surface area contributed by atoms with Gasteiger partial charge in [0.15, 0.2) is 0 Å². The van der Waals surface area contributed by atoms with Crippen LogP contribution in [0.1, 0.15) is 22.3 Å². The minimum Gasteiger partial charge on any atom is -0.308 e. The van der Waals surface area contributed by atoms with E-state index in [0.29, 0.717) is 11.4 Å². The fourth-order valence-electron chi connectivity index (χ4n) is 9.56. The summed E-state index contributed by atoms with van der Waals surface area (Å²) < 4.78 is 31.8. The molecule has 0 bridgehead atoms. The van der Waals surface area contributed by atoms with Gasteiger partial charge in [0, 0.05) is 22.4 Å². The lowest BCUT2D eigenvalue weighted by molar-refractivity contribution is 0.628. The molecule has 0 radical (unpaired) electrons. The van der Waals surface area contributed by atoms with Crippen molar-refractivity contribution in [3.63, 3.8) is 0 Å². The van der Waals surface area contributed by atoms with Crippen LogP contribution in [-0.4, -0.2) is 0 Å². The van der Waals surface area contributed by atoms with E-state index in [1.807, 2.05) is 94.7 Å². The maximum absolute atomic E-state index is 15.9. The average Bonchev–Trinajstić information content (AvgIpc) is 3.56. The van der Waals surface area contributed by atoms with Crippen molar-refractivity contribution in [3.05, 3.63) is 240 Å². The molecule has 0 aromatic heterocycles. The van der Waals surface area contributed by atoms with Crippen LogP contribution < -0.4 is 9.80 Å². The van der Waals surface area contributed by atoms with Gasteiger partial charge in [0.1, 0.15) is 11.6 Å². The molecule has 0 heterocycles. The number of halogens is 2. The molecular formula is C53H34F2N2. The molecule has 0 amide bonds. The van der Waals surface area contributed by atoms with Crippen molar-refractivity contribution < 1.29 is 8.78 Å². The minimum atomic E-state index is -0.725. The molecule has 2 aliphatic carbocycles. The van der Waals surface area contributed by atoms with E-state index < -0.39 is 5.41 Å². The van der Waals surface area contributed by atoms with E-state index in [1.165, 1.54) is 34.4 Å². The van der Waals surface area contributed by atoms with E-state index in [9.17, 15) is 0 Å². The van der Waals surface area contributed by atoms with E-state index >= 15 is 8.78 Å².